The fourth-order valence-electron chi connectivity index (χ4n) is 2.01. The third-order valence-electron chi connectivity index (χ3n) is 3.05. The van der Waals surface area contributed by atoms with E-state index < -0.39 is 0 Å². The minimum Gasteiger partial charge on any atom is -0.305 e. The molecule has 1 amide bonds. The number of aromatic nitrogens is 5. The SMILES string of the molecule is Cn1cc(Br)c(C(=O)Nc2cc(-c3ccccn3)nn2C)n1. The monoisotopic (exact) mass is 360 g/mol. The van der Waals surface area contributed by atoms with Crippen molar-refractivity contribution in [2.24, 2.45) is 14.1 Å². The van der Waals surface area contributed by atoms with Crippen LogP contribution in [0.4, 0.5) is 5.82 Å². The van der Waals surface area contributed by atoms with Gasteiger partial charge in [-0.15, -0.1) is 0 Å². The Bertz CT molecular complexity index is 823. The van der Waals surface area contributed by atoms with Crippen molar-refractivity contribution in [2.45, 2.75) is 0 Å². The summed E-state index contributed by atoms with van der Waals surface area (Å²) < 4.78 is 3.81. The number of hydrogen-bond donors (Lipinski definition) is 1. The number of anilines is 1. The van der Waals surface area contributed by atoms with E-state index in [0.29, 0.717) is 21.7 Å². The predicted molar refractivity (Wildman–Crippen MR) is 85.3 cm³/mol. The highest BCUT2D eigenvalue weighted by Crippen LogP contribution is 2.21. The summed E-state index contributed by atoms with van der Waals surface area (Å²) in [6, 6.07) is 7.37. The molecule has 0 spiro atoms. The smallest absolute Gasteiger partial charge is 0.278 e. The Labute approximate surface area is 135 Å². The maximum Gasteiger partial charge on any atom is 0.278 e. The number of halogens is 1. The Morgan fingerprint density at radius 1 is 1.23 bits per heavy atom. The molecular formula is C14H13BrN6O. The molecule has 22 heavy (non-hydrogen) atoms. The topological polar surface area (TPSA) is 77.6 Å². The molecule has 3 aromatic rings. The first kappa shape index (κ1) is 14.5. The summed E-state index contributed by atoms with van der Waals surface area (Å²) in [7, 11) is 3.51. The first-order valence-electron chi connectivity index (χ1n) is 6.50. The van der Waals surface area contributed by atoms with Crippen LogP contribution in [0.15, 0.2) is 41.1 Å². The average molecular weight is 361 g/mol. The average Bonchev–Trinajstić information content (AvgIpc) is 3.03. The molecule has 8 heteroatoms. The lowest BCUT2D eigenvalue weighted by atomic mass is 10.3. The van der Waals surface area contributed by atoms with Crippen LogP contribution in [-0.2, 0) is 14.1 Å². The lowest BCUT2D eigenvalue weighted by molar-refractivity contribution is 0.102. The number of nitrogens with one attached hydrogen (secondary N) is 1. The maximum atomic E-state index is 12.3. The highest BCUT2D eigenvalue weighted by atomic mass is 79.9. The van der Waals surface area contributed by atoms with Crippen molar-refractivity contribution in [3.63, 3.8) is 0 Å². The van der Waals surface area contributed by atoms with E-state index in [9.17, 15) is 4.79 Å². The first-order valence-corrected chi connectivity index (χ1v) is 7.30. The minimum atomic E-state index is -0.303. The zero-order valence-corrected chi connectivity index (χ0v) is 13.6. The van der Waals surface area contributed by atoms with Gasteiger partial charge < -0.3 is 5.32 Å². The van der Waals surface area contributed by atoms with E-state index in [0.717, 1.165) is 5.69 Å². The van der Waals surface area contributed by atoms with Crippen molar-refractivity contribution >= 4 is 27.7 Å². The molecule has 0 aliphatic carbocycles. The molecule has 0 aliphatic heterocycles. The van der Waals surface area contributed by atoms with E-state index in [2.05, 4.69) is 36.4 Å². The van der Waals surface area contributed by atoms with Gasteiger partial charge in [0.15, 0.2) is 5.69 Å². The van der Waals surface area contributed by atoms with E-state index in [4.69, 9.17) is 0 Å². The number of hydrogen-bond acceptors (Lipinski definition) is 4. The van der Waals surface area contributed by atoms with Crippen molar-refractivity contribution in [1.82, 2.24) is 24.5 Å². The maximum absolute atomic E-state index is 12.3. The van der Waals surface area contributed by atoms with E-state index in [-0.39, 0.29) is 5.91 Å². The van der Waals surface area contributed by atoms with E-state index in [1.54, 1.807) is 41.9 Å². The molecular weight excluding hydrogens is 348 g/mol. The number of carbonyl (C=O) groups excluding carboxylic acids is 1. The quantitative estimate of drug-likeness (QED) is 0.776. The molecule has 3 rings (SSSR count). The summed E-state index contributed by atoms with van der Waals surface area (Å²) in [5.41, 5.74) is 1.76. The van der Waals surface area contributed by atoms with Crippen molar-refractivity contribution < 1.29 is 4.79 Å². The van der Waals surface area contributed by atoms with Gasteiger partial charge in [-0.1, -0.05) is 6.07 Å². The summed E-state index contributed by atoms with van der Waals surface area (Å²) in [4.78, 5) is 16.5. The molecule has 7 nitrogen and oxygen atoms in total. The van der Waals surface area contributed by atoms with Crippen LogP contribution in [0.1, 0.15) is 10.5 Å². The van der Waals surface area contributed by atoms with Crippen molar-refractivity contribution in [1.29, 1.82) is 0 Å². The predicted octanol–water partition coefficient (Wildman–Crippen LogP) is 2.23. The molecule has 0 radical (unpaired) electrons. The summed E-state index contributed by atoms with van der Waals surface area (Å²) in [6.07, 6.45) is 3.42. The van der Waals surface area contributed by atoms with Gasteiger partial charge in [-0.3, -0.25) is 19.1 Å². The van der Waals surface area contributed by atoms with Crippen LogP contribution in [0.2, 0.25) is 0 Å². The Morgan fingerprint density at radius 2 is 2.05 bits per heavy atom. The zero-order valence-electron chi connectivity index (χ0n) is 12.0. The van der Waals surface area contributed by atoms with Crippen molar-refractivity contribution in [3.8, 4) is 11.4 Å². The van der Waals surface area contributed by atoms with Crippen LogP contribution >= 0.6 is 15.9 Å². The van der Waals surface area contributed by atoms with Gasteiger partial charge in [0.1, 0.15) is 11.5 Å². The lowest BCUT2D eigenvalue weighted by Gasteiger charge is -2.02. The number of amides is 1. The van der Waals surface area contributed by atoms with Crippen LogP contribution in [0.25, 0.3) is 11.4 Å². The van der Waals surface area contributed by atoms with Crippen LogP contribution in [0.5, 0.6) is 0 Å². The summed E-state index contributed by atoms with van der Waals surface area (Å²) in [5.74, 6) is 0.270. The van der Waals surface area contributed by atoms with Gasteiger partial charge >= 0.3 is 0 Å². The molecule has 0 saturated carbocycles. The molecule has 0 aliphatic rings. The lowest BCUT2D eigenvalue weighted by Crippen LogP contribution is -2.15. The summed E-state index contributed by atoms with van der Waals surface area (Å²) in [6.45, 7) is 0. The number of aryl methyl sites for hydroxylation is 2. The molecule has 1 N–H and O–H groups in total. The van der Waals surface area contributed by atoms with Crippen LogP contribution < -0.4 is 5.32 Å². The molecule has 0 fully saturated rings. The zero-order chi connectivity index (χ0) is 15.7. The molecule has 3 aromatic heterocycles. The Morgan fingerprint density at radius 3 is 2.68 bits per heavy atom. The van der Waals surface area contributed by atoms with Gasteiger partial charge in [0, 0.05) is 32.6 Å². The normalized spacial score (nSPS) is 10.7. The third kappa shape index (κ3) is 2.77. The second kappa shape index (κ2) is 5.72. The summed E-state index contributed by atoms with van der Waals surface area (Å²) in [5, 5.41) is 11.3. The Kier molecular flexibility index (Phi) is 3.76. The highest BCUT2D eigenvalue weighted by molar-refractivity contribution is 9.10. The van der Waals surface area contributed by atoms with E-state index >= 15 is 0 Å². The molecule has 112 valence electrons. The number of nitrogens with zero attached hydrogens (tertiary/aromatic N) is 5. The molecule has 0 unspecified atom stereocenters. The van der Waals surface area contributed by atoms with Crippen molar-refractivity contribution in [2.75, 3.05) is 5.32 Å². The van der Waals surface area contributed by atoms with Gasteiger partial charge in [0.05, 0.1) is 10.2 Å². The van der Waals surface area contributed by atoms with Gasteiger partial charge in [-0.05, 0) is 28.1 Å². The van der Waals surface area contributed by atoms with E-state index in [1.807, 2.05) is 18.2 Å². The first-order chi connectivity index (χ1) is 10.5. The van der Waals surface area contributed by atoms with Gasteiger partial charge in [0.2, 0.25) is 0 Å². The van der Waals surface area contributed by atoms with Crippen molar-refractivity contribution in [3.05, 3.63) is 46.8 Å². The van der Waals surface area contributed by atoms with Crippen LogP contribution in [0, 0.1) is 0 Å². The standard InChI is InChI=1S/C14H13BrN6O/c1-20-8-9(15)13(19-20)14(22)17-12-7-11(18-21(12)2)10-5-3-4-6-16-10/h3-8H,1-2H3,(H,17,22). The molecule has 0 atom stereocenters. The number of rotatable bonds is 3. The van der Waals surface area contributed by atoms with Crippen LogP contribution in [-0.4, -0.2) is 30.5 Å². The Balaban J connectivity index is 1.86. The largest absolute Gasteiger partial charge is 0.305 e. The van der Waals surface area contributed by atoms with Gasteiger partial charge in [-0.25, -0.2) is 0 Å². The summed E-state index contributed by atoms with van der Waals surface area (Å²) >= 11 is 3.31. The number of carbonyl (C=O) groups is 1. The molecule has 3 heterocycles. The number of pyridine rings is 1. The third-order valence-corrected chi connectivity index (χ3v) is 3.63. The van der Waals surface area contributed by atoms with Gasteiger partial charge in [0.25, 0.3) is 5.91 Å². The Hall–Kier alpha value is -2.48. The fourth-order valence-corrected chi connectivity index (χ4v) is 2.57. The molecule has 0 saturated heterocycles. The fraction of sp³-hybridized carbons (Fsp3) is 0.143. The minimum absolute atomic E-state index is 0.303. The molecule has 0 aromatic carbocycles. The van der Waals surface area contributed by atoms with E-state index in [1.165, 1.54) is 0 Å². The van der Waals surface area contributed by atoms with Gasteiger partial charge in [-0.2, -0.15) is 10.2 Å². The molecule has 0 bridgehead atoms. The second-order valence-corrected chi connectivity index (χ2v) is 5.56. The second-order valence-electron chi connectivity index (χ2n) is 4.71. The highest BCUT2D eigenvalue weighted by Gasteiger charge is 2.17. The van der Waals surface area contributed by atoms with Crippen LogP contribution in [0.3, 0.4) is 0 Å².